The van der Waals surface area contributed by atoms with E-state index in [1.165, 1.54) is 11.5 Å². The number of ether oxygens (including phenoxy) is 1. The van der Waals surface area contributed by atoms with E-state index in [1.807, 2.05) is 47.8 Å². The first kappa shape index (κ1) is 12.2. The molecule has 1 fully saturated rings. The van der Waals surface area contributed by atoms with Gasteiger partial charge in [-0.05, 0) is 35.9 Å². The van der Waals surface area contributed by atoms with Crippen LogP contribution in [0.2, 0.25) is 0 Å². The summed E-state index contributed by atoms with van der Waals surface area (Å²) in [4.78, 5) is 0. The minimum atomic E-state index is 0.509. The third-order valence-corrected chi connectivity index (χ3v) is 5.52. The molecule has 1 aliphatic heterocycles. The molecule has 0 aromatic heterocycles. The lowest BCUT2D eigenvalue weighted by Gasteiger charge is -2.05. The van der Waals surface area contributed by atoms with Crippen molar-refractivity contribution in [3.05, 3.63) is 35.9 Å². The predicted molar refractivity (Wildman–Crippen MR) is 75.5 cm³/mol. The van der Waals surface area contributed by atoms with Crippen LogP contribution >= 0.6 is 35.1 Å². The number of thioether (sulfide) groups is 2. The van der Waals surface area contributed by atoms with Gasteiger partial charge in [0.15, 0.2) is 0 Å². The van der Waals surface area contributed by atoms with Crippen LogP contribution in [0.3, 0.4) is 0 Å². The van der Waals surface area contributed by atoms with E-state index >= 15 is 0 Å². The van der Waals surface area contributed by atoms with Crippen molar-refractivity contribution in [1.29, 1.82) is 0 Å². The molecule has 0 amide bonds. The highest BCUT2D eigenvalue weighted by Gasteiger charge is 2.14. The van der Waals surface area contributed by atoms with Crippen LogP contribution in [0.1, 0.15) is 5.56 Å². The Morgan fingerprint density at radius 3 is 2.50 bits per heavy atom. The fourth-order valence-electron chi connectivity index (χ4n) is 1.44. The van der Waals surface area contributed by atoms with Crippen molar-refractivity contribution in [2.45, 2.75) is 4.58 Å². The zero-order valence-electron chi connectivity index (χ0n) is 8.98. The molecule has 1 aromatic carbocycles. The molecular formula is C12H13ClOS2. The highest BCUT2D eigenvalue weighted by Crippen LogP contribution is 2.35. The van der Waals surface area contributed by atoms with Crippen LogP contribution in [-0.2, 0) is 0 Å². The van der Waals surface area contributed by atoms with E-state index in [-0.39, 0.29) is 0 Å². The molecule has 0 unspecified atom stereocenters. The highest BCUT2D eigenvalue weighted by molar-refractivity contribution is 8.20. The topological polar surface area (TPSA) is 9.23 Å². The van der Waals surface area contributed by atoms with Crippen LogP contribution in [0.4, 0.5) is 0 Å². The zero-order valence-corrected chi connectivity index (χ0v) is 11.4. The van der Waals surface area contributed by atoms with Gasteiger partial charge >= 0.3 is 0 Å². The van der Waals surface area contributed by atoms with Crippen LogP contribution < -0.4 is 4.74 Å². The molecule has 1 nitrogen and oxygen atoms in total. The van der Waals surface area contributed by atoms with Crippen molar-refractivity contribution in [2.24, 2.45) is 0 Å². The highest BCUT2D eigenvalue weighted by atomic mass is 35.5. The second-order valence-electron chi connectivity index (χ2n) is 3.35. The maximum atomic E-state index is 6.28. The molecule has 16 heavy (non-hydrogen) atoms. The fourth-order valence-corrected chi connectivity index (χ4v) is 4.50. The van der Waals surface area contributed by atoms with E-state index in [2.05, 4.69) is 6.08 Å². The molecule has 1 aliphatic rings. The molecule has 1 heterocycles. The third-order valence-electron chi connectivity index (χ3n) is 2.30. The van der Waals surface area contributed by atoms with E-state index in [0.717, 1.165) is 16.3 Å². The van der Waals surface area contributed by atoms with E-state index in [9.17, 15) is 0 Å². The number of halogens is 1. The van der Waals surface area contributed by atoms with E-state index in [4.69, 9.17) is 16.3 Å². The minimum Gasteiger partial charge on any atom is -0.497 e. The number of hydrogen-bond acceptors (Lipinski definition) is 3. The average Bonchev–Trinajstić information content (AvgIpc) is 2.82. The second kappa shape index (κ2) is 5.89. The molecule has 0 atom stereocenters. The molecule has 0 N–H and O–H groups in total. The lowest BCUT2D eigenvalue weighted by atomic mass is 10.2. The molecular weight excluding hydrogens is 260 g/mol. The summed E-state index contributed by atoms with van der Waals surface area (Å²) in [6.07, 6.45) is 2.13. The van der Waals surface area contributed by atoms with Gasteiger partial charge in [-0.3, -0.25) is 0 Å². The molecule has 1 aromatic rings. The molecule has 0 radical (unpaired) electrons. The Kier molecular flexibility index (Phi) is 4.50. The minimum absolute atomic E-state index is 0.509. The number of rotatable bonds is 3. The van der Waals surface area contributed by atoms with E-state index in [1.54, 1.807) is 7.11 Å². The number of benzene rings is 1. The third kappa shape index (κ3) is 3.12. The zero-order chi connectivity index (χ0) is 11.4. The van der Waals surface area contributed by atoms with Gasteiger partial charge in [-0.2, -0.15) is 0 Å². The quantitative estimate of drug-likeness (QED) is 0.821. The van der Waals surface area contributed by atoms with Crippen LogP contribution in [0.15, 0.2) is 30.3 Å². The summed E-state index contributed by atoms with van der Waals surface area (Å²) < 4.78 is 5.62. The van der Waals surface area contributed by atoms with Crippen molar-refractivity contribution in [3.8, 4) is 5.75 Å². The smallest absolute Gasteiger partial charge is 0.118 e. The van der Waals surface area contributed by atoms with Gasteiger partial charge in [0.2, 0.25) is 0 Å². The standard InChI is InChI=1S/C12H13ClOS2/c1-14-10-4-2-9(3-5-10)11(13)8-12-15-6-7-16-12/h2-5,8,12H,6-7H2,1H3/b11-8-. The largest absolute Gasteiger partial charge is 0.497 e. The Balaban J connectivity index is 2.09. The molecule has 0 aliphatic carbocycles. The molecule has 0 saturated carbocycles. The maximum absolute atomic E-state index is 6.28. The lowest BCUT2D eigenvalue weighted by Crippen LogP contribution is -1.87. The number of hydrogen-bond donors (Lipinski definition) is 0. The summed E-state index contributed by atoms with van der Waals surface area (Å²) in [5.41, 5.74) is 1.05. The number of methoxy groups -OCH3 is 1. The van der Waals surface area contributed by atoms with Crippen molar-refractivity contribution in [2.75, 3.05) is 18.6 Å². The van der Waals surface area contributed by atoms with Crippen molar-refractivity contribution >= 4 is 40.2 Å². The Bertz CT molecular complexity index is 369. The van der Waals surface area contributed by atoms with Gasteiger partial charge in [-0.25, -0.2) is 0 Å². The Morgan fingerprint density at radius 1 is 1.31 bits per heavy atom. The van der Waals surface area contributed by atoms with E-state index < -0.39 is 0 Å². The van der Waals surface area contributed by atoms with Gasteiger partial charge in [-0.1, -0.05) is 11.6 Å². The van der Waals surface area contributed by atoms with Crippen molar-refractivity contribution in [3.63, 3.8) is 0 Å². The van der Waals surface area contributed by atoms with Crippen LogP contribution in [0.25, 0.3) is 5.03 Å². The van der Waals surface area contributed by atoms with Gasteiger partial charge < -0.3 is 4.74 Å². The van der Waals surface area contributed by atoms with Crippen molar-refractivity contribution < 1.29 is 4.74 Å². The first-order valence-corrected chi connectivity index (χ1v) is 7.52. The Labute approximate surface area is 110 Å². The van der Waals surface area contributed by atoms with Crippen molar-refractivity contribution in [1.82, 2.24) is 0 Å². The summed E-state index contributed by atoms with van der Waals surface area (Å²) >= 11 is 10.2. The fraction of sp³-hybridized carbons (Fsp3) is 0.333. The summed E-state index contributed by atoms with van der Waals surface area (Å²) in [6.45, 7) is 0. The Morgan fingerprint density at radius 2 is 1.94 bits per heavy atom. The average molecular weight is 273 g/mol. The second-order valence-corrected chi connectivity index (χ2v) is 6.56. The first-order valence-electron chi connectivity index (χ1n) is 5.04. The van der Waals surface area contributed by atoms with Gasteiger partial charge in [0.1, 0.15) is 5.75 Å². The van der Waals surface area contributed by atoms with Crippen LogP contribution in [0.5, 0.6) is 5.75 Å². The molecule has 4 heteroatoms. The normalized spacial score (nSPS) is 17.8. The lowest BCUT2D eigenvalue weighted by molar-refractivity contribution is 0.415. The molecule has 1 saturated heterocycles. The van der Waals surface area contributed by atoms with Gasteiger partial charge in [0, 0.05) is 16.5 Å². The monoisotopic (exact) mass is 272 g/mol. The van der Waals surface area contributed by atoms with Gasteiger partial charge in [0.25, 0.3) is 0 Å². The van der Waals surface area contributed by atoms with Gasteiger partial charge in [-0.15, -0.1) is 23.5 Å². The van der Waals surface area contributed by atoms with Gasteiger partial charge in [0.05, 0.1) is 11.7 Å². The summed E-state index contributed by atoms with van der Waals surface area (Å²) in [7, 11) is 1.66. The molecule has 0 spiro atoms. The predicted octanol–water partition coefficient (Wildman–Crippen LogP) is 4.08. The summed E-state index contributed by atoms with van der Waals surface area (Å²) in [5, 5.41) is 0.828. The Hall–Kier alpha value is -0.250. The maximum Gasteiger partial charge on any atom is 0.118 e. The van der Waals surface area contributed by atoms with Crippen LogP contribution in [0, 0.1) is 0 Å². The SMILES string of the molecule is COc1ccc(/C(Cl)=C/C2SCCS2)cc1. The molecule has 86 valence electrons. The van der Waals surface area contributed by atoms with Crippen LogP contribution in [-0.4, -0.2) is 23.2 Å². The summed E-state index contributed by atoms with van der Waals surface area (Å²) in [5.74, 6) is 3.30. The molecule has 2 rings (SSSR count). The van der Waals surface area contributed by atoms with E-state index in [0.29, 0.717) is 4.58 Å². The summed E-state index contributed by atoms with van der Waals surface area (Å²) in [6, 6.07) is 7.84. The molecule has 0 bridgehead atoms. The first-order chi connectivity index (χ1) is 7.79.